The number of hydrogen-bond acceptors (Lipinski definition) is 5. The highest BCUT2D eigenvalue weighted by Gasteiger charge is 2.17. The van der Waals surface area contributed by atoms with E-state index in [0.717, 1.165) is 33.5 Å². The van der Waals surface area contributed by atoms with Crippen LogP contribution < -0.4 is 0 Å². The lowest BCUT2D eigenvalue weighted by Crippen LogP contribution is -1.99. The molecule has 0 aliphatic rings. The molecule has 0 fully saturated rings. The van der Waals surface area contributed by atoms with E-state index in [9.17, 15) is 0 Å². The maximum atomic E-state index is 8.89. The fourth-order valence-electron chi connectivity index (χ4n) is 3.86. The molecule has 0 radical (unpaired) electrons. The molecule has 1 N–H and O–H groups in total. The van der Waals surface area contributed by atoms with Gasteiger partial charge in [-0.05, 0) is 40.8 Å². The molecule has 1 aromatic heterocycles. The number of hydrogen-bond donors (Lipinski definition) is 1. The van der Waals surface area contributed by atoms with Gasteiger partial charge in [-0.2, -0.15) is 0 Å². The normalized spacial score (nSPS) is 11.1. The average molecular weight is 430 g/mol. The molecule has 0 bridgehead atoms. The van der Waals surface area contributed by atoms with Crippen molar-refractivity contribution in [3.8, 4) is 33.7 Å². The summed E-state index contributed by atoms with van der Waals surface area (Å²) in [6, 6.07) is 24.5. The number of nitrogens with zero attached hydrogens (tertiary/aromatic N) is 1. The Bertz CT molecular complexity index is 1170. The van der Waals surface area contributed by atoms with Gasteiger partial charge in [0.2, 0.25) is 0 Å². The molecule has 0 aliphatic heterocycles. The van der Waals surface area contributed by atoms with Crippen LogP contribution in [0.3, 0.4) is 0 Å². The average Bonchev–Trinajstić information content (AvgIpc) is 3.32. The second kappa shape index (κ2) is 10.4. The zero-order valence-corrected chi connectivity index (χ0v) is 18.4. The minimum atomic E-state index is 0.0125. The summed E-state index contributed by atoms with van der Waals surface area (Å²) in [6.45, 7) is 3.37. The Balaban J connectivity index is 1.67. The highest BCUT2D eigenvalue weighted by atomic mass is 16.5. The van der Waals surface area contributed by atoms with Crippen molar-refractivity contribution in [1.82, 2.24) is 5.16 Å². The fraction of sp³-hybridized carbons (Fsp3) is 0.222. The van der Waals surface area contributed by atoms with Crippen LogP contribution in [0.4, 0.5) is 0 Å². The highest BCUT2D eigenvalue weighted by molar-refractivity contribution is 5.76. The van der Waals surface area contributed by atoms with Crippen molar-refractivity contribution in [3.63, 3.8) is 0 Å². The Kier molecular flexibility index (Phi) is 7.12. The van der Waals surface area contributed by atoms with Crippen LogP contribution in [0.5, 0.6) is 0 Å². The summed E-state index contributed by atoms with van der Waals surface area (Å²) in [5.74, 6) is 0.705. The van der Waals surface area contributed by atoms with Crippen LogP contribution in [0.1, 0.15) is 16.7 Å². The second-order valence-corrected chi connectivity index (χ2v) is 7.62. The Labute approximate surface area is 188 Å². The van der Waals surface area contributed by atoms with Gasteiger partial charge in [-0.3, -0.25) is 0 Å². The van der Waals surface area contributed by atoms with Gasteiger partial charge < -0.3 is 19.1 Å². The standard InChI is InChI=1S/C27H27NO4/c1-19-23(21-8-4-3-5-9-21)11-12-24(25(19)18-30-2)27-16-26(28-32-27)22-10-6-7-20(15-22)17-31-14-13-29/h3-12,15-16,29H,13-14,17-18H2,1-2H3. The van der Waals surface area contributed by atoms with Crippen molar-refractivity contribution >= 4 is 0 Å². The first-order valence-electron chi connectivity index (χ1n) is 10.6. The van der Waals surface area contributed by atoms with Gasteiger partial charge in [0.1, 0.15) is 5.69 Å². The first kappa shape index (κ1) is 22.0. The number of aromatic nitrogens is 1. The van der Waals surface area contributed by atoms with Gasteiger partial charge in [-0.1, -0.05) is 65.8 Å². The van der Waals surface area contributed by atoms with Crippen molar-refractivity contribution in [2.24, 2.45) is 0 Å². The molecule has 0 saturated carbocycles. The van der Waals surface area contributed by atoms with Crippen LogP contribution in [0.25, 0.3) is 33.7 Å². The van der Waals surface area contributed by atoms with Crippen LogP contribution in [0.2, 0.25) is 0 Å². The van der Waals surface area contributed by atoms with Crippen molar-refractivity contribution < 1.29 is 19.1 Å². The largest absolute Gasteiger partial charge is 0.394 e. The monoisotopic (exact) mass is 429 g/mol. The van der Waals surface area contributed by atoms with Gasteiger partial charge in [-0.25, -0.2) is 0 Å². The molecule has 0 atom stereocenters. The number of aliphatic hydroxyl groups is 1. The zero-order chi connectivity index (χ0) is 22.3. The van der Waals surface area contributed by atoms with Gasteiger partial charge >= 0.3 is 0 Å². The molecular formula is C27H27NO4. The van der Waals surface area contributed by atoms with Gasteiger partial charge in [0.15, 0.2) is 5.76 Å². The molecule has 32 heavy (non-hydrogen) atoms. The Morgan fingerprint density at radius 3 is 2.44 bits per heavy atom. The van der Waals surface area contributed by atoms with E-state index < -0.39 is 0 Å². The lowest BCUT2D eigenvalue weighted by molar-refractivity contribution is 0.0816. The maximum Gasteiger partial charge on any atom is 0.167 e. The third-order valence-electron chi connectivity index (χ3n) is 5.47. The molecule has 1 heterocycles. The molecule has 5 nitrogen and oxygen atoms in total. The molecular weight excluding hydrogens is 402 g/mol. The summed E-state index contributed by atoms with van der Waals surface area (Å²) in [5.41, 5.74) is 8.31. The quantitative estimate of drug-likeness (QED) is 0.349. The van der Waals surface area contributed by atoms with Crippen LogP contribution in [0.15, 0.2) is 77.3 Å². The third-order valence-corrected chi connectivity index (χ3v) is 5.47. The van der Waals surface area contributed by atoms with E-state index in [1.54, 1.807) is 7.11 Å². The molecule has 0 amide bonds. The van der Waals surface area contributed by atoms with Gasteiger partial charge in [0.05, 0.1) is 26.4 Å². The minimum Gasteiger partial charge on any atom is -0.394 e. The molecule has 0 saturated heterocycles. The van der Waals surface area contributed by atoms with E-state index in [2.05, 4.69) is 36.3 Å². The summed E-state index contributed by atoms with van der Waals surface area (Å²) < 4.78 is 16.7. The van der Waals surface area contributed by atoms with E-state index in [1.165, 1.54) is 11.1 Å². The third kappa shape index (κ3) is 4.81. The summed E-state index contributed by atoms with van der Waals surface area (Å²) in [6.07, 6.45) is 0. The lowest BCUT2D eigenvalue weighted by Gasteiger charge is -2.15. The number of ether oxygens (including phenoxy) is 2. The molecule has 164 valence electrons. The predicted molar refractivity (Wildman–Crippen MR) is 125 cm³/mol. The molecule has 4 aromatic rings. The topological polar surface area (TPSA) is 64.7 Å². The van der Waals surface area contributed by atoms with Crippen LogP contribution in [-0.2, 0) is 22.7 Å². The first-order valence-corrected chi connectivity index (χ1v) is 10.6. The molecule has 0 unspecified atom stereocenters. The van der Waals surface area contributed by atoms with Gasteiger partial charge in [0.25, 0.3) is 0 Å². The van der Waals surface area contributed by atoms with Crippen molar-refractivity contribution in [2.75, 3.05) is 20.3 Å². The summed E-state index contributed by atoms with van der Waals surface area (Å²) in [4.78, 5) is 0. The van der Waals surface area contributed by atoms with Crippen LogP contribution >= 0.6 is 0 Å². The lowest BCUT2D eigenvalue weighted by atomic mass is 9.92. The highest BCUT2D eigenvalue weighted by Crippen LogP contribution is 2.35. The summed E-state index contributed by atoms with van der Waals surface area (Å²) >= 11 is 0. The van der Waals surface area contributed by atoms with Crippen molar-refractivity contribution in [3.05, 3.63) is 89.5 Å². The molecule has 4 rings (SSSR count). The van der Waals surface area contributed by atoms with E-state index in [4.69, 9.17) is 19.1 Å². The van der Waals surface area contributed by atoms with E-state index in [-0.39, 0.29) is 6.61 Å². The van der Waals surface area contributed by atoms with E-state index in [0.29, 0.717) is 25.6 Å². The van der Waals surface area contributed by atoms with E-state index in [1.807, 2.05) is 48.5 Å². The summed E-state index contributed by atoms with van der Waals surface area (Å²) in [7, 11) is 1.70. The van der Waals surface area contributed by atoms with Crippen LogP contribution in [-0.4, -0.2) is 30.6 Å². The van der Waals surface area contributed by atoms with Crippen LogP contribution in [0, 0.1) is 6.92 Å². The number of aliphatic hydroxyl groups excluding tert-OH is 1. The fourth-order valence-corrected chi connectivity index (χ4v) is 3.86. The second-order valence-electron chi connectivity index (χ2n) is 7.62. The Hall–Kier alpha value is -3.25. The molecule has 3 aromatic carbocycles. The number of methoxy groups -OCH3 is 1. The minimum absolute atomic E-state index is 0.0125. The zero-order valence-electron chi connectivity index (χ0n) is 18.4. The molecule has 0 spiro atoms. The van der Waals surface area contributed by atoms with Crippen molar-refractivity contribution in [1.29, 1.82) is 0 Å². The van der Waals surface area contributed by atoms with E-state index >= 15 is 0 Å². The van der Waals surface area contributed by atoms with Gasteiger partial charge in [0, 0.05) is 24.3 Å². The smallest absolute Gasteiger partial charge is 0.167 e. The van der Waals surface area contributed by atoms with Gasteiger partial charge in [-0.15, -0.1) is 0 Å². The molecule has 0 aliphatic carbocycles. The Morgan fingerprint density at radius 1 is 0.875 bits per heavy atom. The number of rotatable bonds is 9. The Morgan fingerprint density at radius 2 is 1.66 bits per heavy atom. The predicted octanol–water partition coefficient (Wildman–Crippen LogP) is 5.64. The number of benzene rings is 3. The SMILES string of the molecule is COCc1c(-c2cc(-c3cccc(COCCO)c3)no2)ccc(-c2ccccc2)c1C. The molecule has 5 heteroatoms. The van der Waals surface area contributed by atoms with Crippen molar-refractivity contribution in [2.45, 2.75) is 20.1 Å². The summed E-state index contributed by atoms with van der Waals surface area (Å²) in [5, 5.41) is 13.2. The maximum absolute atomic E-state index is 8.89. The first-order chi connectivity index (χ1) is 15.7.